The molecule has 0 unspecified atom stereocenters. The van der Waals surface area contributed by atoms with Gasteiger partial charge in [-0.15, -0.1) is 0 Å². The first-order valence-corrected chi connectivity index (χ1v) is 9.66. The van der Waals surface area contributed by atoms with Crippen molar-refractivity contribution in [2.45, 2.75) is 26.3 Å². The number of anilines is 1. The van der Waals surface area contributed by atoms with Gasteiger partial charge in [0.25, 0.3) is 0 Å². The van der Waals surface area contributed by atoms with Crippen LogP contribution < -0.4 is 10.2 Å². The smallest absolute Gasteiger partial charge is 0.181 e. The van der Waals surface area contributed by atoms with Gasteiger partial charge in [-0.3, -0.25) is 5.10 Å². The van der Waals surface area contributed by atoms with Gasteiger partial charge >= 0.3 is 0 Å². The summed E-state index contributed by atoms with van der Waals surface area (Å²) in [6, 6.07) is 7.67. The van der Waals surface area contributed by atoms with E-state index >= 15 is 0 Å². The van der Waals surface area contributed by atoms with Crippen LogP contribution >= 0.6 is 0 Å². The topological polar surface area (TPSA) is 69.7 Å². The molecule has 0 aromatic carbocycles. The Bertz CT molecular complexity index is 1000. The number of nitrogens with one attached hydrogen (secondary N) is 2. The quantitative estimate of drug-likeness (QED) is 0.697. The number of fused-ring (bicyclic) bond motifs is 1. The number of hydrogen-bond donors (Lipinski definition) is 2. The van der Waals surface area contributed by atoms with Crippen molar-refractivity contribution < 1.29 is 5.82 Å². The minimum Gasteiger partial charge on any atom is -0.354 e. The van der Waals surface area contributed by atoms with Gasteiger partial charge in [-0.1, -0.05) is 20.4 Å². The number of nitrogens with zero attached hydrogens (tertiary/aromatic N) is 4. The second kappa shape index (κ2) is 7.67. The van der Waals surface area contributed by atoms with Crippen molar-refractivity contribution in [3.63, 3.8) is 0 Å². The predicted molar refractivity (Wildman–Crippen MR) is 113 cm³/mol. The molecule has 1 aliphatic rings. The minimum atomic E-state index is -0.472. The number of aromatic amines is 1. The highest BCUT2D eigenvalue weighted by Crippen LogP contribution is 2.30. The van der Waals surface area contributed by atoms with Crippen molar-refractivity contribution in [1.82, 2.24) is 25.5 Å². The Hall–Kier alpha value is -2.80. The summed E-state index contributed by atoms with van der Waals surface area (Å²) >= 11 is 0. The summed E-state index contributed by atoms with van der Waals surface area (Å²) in [5.41, 5.74) is 2.43. The van der Waals surface area contributed by atoms with Crippen molar-refractivity contribution in [1.29, 1.82) is 0 Å². The maximum atomic E-state index is 14.1. The molecule has 3 aromatic heterocycles. The average Bonchev–Trinajstić information content (AvgIpc) is 3.11. The maximum Gasteiger partial charge on any atom is 0.181 e. The zero-order valence-electron chi connectivity index (χ0n) is 16.2. The van der Waals surface area contributed by atoms with Crippen molar-refractivity contribution in [3.8, 4) is 11.4 Å². The highest BCUT2D eigenvalue weighted by Gasteiger charge is 2.23. The summed E-state index contributed by atoms with van der Waals surface area (Å²) in [6.07, 6.45) is 2.79. The molecule has 1 saturated heterocycles. The fourth-order valence-corrected chi connectivity index (χ4v) is 3.77. The van der Waals surface area contributed by atoms with Crippen LogP contribution in [0.2, 0.25) is 0 Å². The van der Waals surface area contributed by atoms with Crippen molar-refractivity contribution >= 4 is 22.7 Å². The molecule has 0 saturated carbocycles. The molecule has 4 rings (SSSR count). The molecule has 0 amide bonds. The summed E-state index contributed by atoms with van der Waals surface area (Å²) < 4.78 is 14.1. The SMILES string of the molecule is C=C(F)c1cc(-c2[nH]nc3ncccc23)nc(N2CCN[C@@H](CC(C)C)C2)c1.[HH]. The third-order valence-corrected chi connectivity index (χ3v) is 5.05. The van der Waals surface area contributed by atoms with Crippen LogP contribution in [0, 0.1) is 5.92 Å². The van der Waals surface area contributed by atoms with Gasteiger partial charge in [-0.05, 0) is 36.6 Å². The number of hydrogen-bond acceptors (Lipinski definition) is 5. The van der Waals surface area contributed by atoms with Gasteiger partial charge < -0.3 is 10.2 Å². The Morgan fingerprint density at radius 3 is 3.07 bits per heavy atom. The van der Waals surface area contributed by atoms with Crippen molar-refractivity contribution in [3.05, 3.63) is 42.6 Å². The van der Waals surface area contributed by atoms with Crippen molar-refractivity contribution in [2.24, 2.45) is 5.92 Å². The molecule has 28 heavy (non-hydrogen) atoms. The molecule has 0 aliphatic carbocycles. The van der Waals surface area contributed by atoms with Crippen LogP contribution in [0.4, 0.5) is 10.2 Å². The standard InChI is InChI=1S/C21H25FN6.H2/c1-13(2)9-16-12-28(8-7-23-16)19-11-15(14(3)22)10-18(25-19)20-17-5-4-6-24-21(17)27-26-20;/h4-6,10-11,13,16,23H,3,7-9,12H2,1-2H3,(H,24,26,27);1H/t16-;/m0./s1. The summed E-state index contributed by atoms with van der Waals surface area (Å²) in [7, 11) is 0. The zero-order chi connectivity index (χ0) is 19.7. The fourth-order valence-electron chi connectivity index (χ4n) is 3.77. The van der Waals surface area contributed by atoms with Crippen LogP contribution in [0.25, 0.3) is 28.2 Å². The Balaban J connectivity index is 0.00000240. The normalized spacial score (nSPS) is 17.4. The van der Waals surface area contributed by atoms with E-state index in [1.165, 1.54) is 0 Å². The lowest BCUT2D eigenvalue weighted by Gasteiger charge is -2.35. The number of rotatable bonds is 5. The maximum absolute atomic E-state index is 14.1. The molecule has 2 N–H and O–H groups in total. The van der Waals surface area contributed by atoms with Crippen LogP contribution in [0.1, 0.15) is 27.3 Å². The second-order valence-electron chi connectivity index (χ2n) is 7.70. The predicted octanol–water partition coefficient (Wildman–Crippen LogP) is 4.03. The molecule has 0 spiro atoms. The first-order valence-electron chi connectivity index (χ1n) is 9.66. The van der Waals surface area contributed by atoms with Crippen LogP contribution in [-0.2, 0) is 0 Å². The summed E-state index contributed by atoms with van der Waals surface area (Å²) in [5.74, 6) is 0.899. The van der Waals surface area contributed by atoms with E-state index in [-0.39, 0.29) is 1.43 Å². The molecule has 1 atom stereocenters. The second-order valence-corrected chi connectivity index (χ2v) is 7.70. The van der Waals surface area contributed by atoms with Gasteiger partial charge in [-0.25, -0.2) is 14.4 Å². The Morgan fingerprint density at radius 2 is 2.29 bits per heavy atom. The highest BCUT2D eigenvalue weighted by atomic mass is 19.1. The number of piperazine rings is 1. The highest BCUT2D eigenvalue weighted by molar-refractivity contribution is 5.90. The number of H-pyrrole nitrogens is 1. The summed E-state index contributed by atoms with van der Waals surface area (Å²) in [5, 5.41) is 11.7. The Labute approximate surface area is 165 Å². The van der Waals surface area contributed by atoms with E-state index in [4.69, 9.17) is 4.98 Å². The van der Waals surface area contributed by atoms with Gasteiger partial charge in [0.1, 0.15) is 11.6 Å². The van der Waals surface area contributed by atoms with Gasteiger partial charge in [0, 0.05) is 44.2 Å². The van der Waals surface area contributed by atoms with Crippen LogP contribution in [-0.4, -0.2) is 45.8 Å². The average molecular weight is 382 g/mol. The first kappa shape index (κ1) is 18.6. The minimum absolute atomic E-state index is 0. The molecule has 7 heteroatoms. The first-order chi connectivity index (χ1) is 13.5. The molecule has 1 fully saturated rings. The van der Waals surface area contributed by atoms with E-state index in [2.05, 4.69) is 45.8 Å². The van der Waals surface area contributed by atoms with E-state index in [1.807, 2.05) is 12.1 Å². The van der Waals surface area contributed by atoms with Gasteiger partial charge in [0.05, 0.1) is 11.4 Å². The van der Waals surface area contributed by atoms with E-state index in [1.54, 1.807) is 18.3 Å². The van der Waals surface area contributed by atoms with E-state index in [9.17, 15) is 4.39 Å². The molecule has 0 bridgehead atoms. The van der Waals surface area contributed by atoms with Crippen LogP contribution in [0.15, 0.2) is 37.0 Å². The van der Waals surface area contributed by atoms with Gasteiger partial charge in [0.2, 0.25) is 0 Å². The molecule has 148 valence electrons. The van der Waals surface area contributed by atoms with Gasteiger partial charge in [0.15, 0.2) is 5.65 Å². The third-order valence-electron chi connectivity index (χ3n) is 5.05. The van der Waals surface area contributed by atoms with Crippen LogP contribution in [0.3, 0.4) is 0 Å². The third kappa shape index (κ3) is 3.75. The lowest BCUT2D eigenvalue weighted by Crippen LogP contribution is -2.51. The molecule has 0 radical (unpaired) electrons. The molecule has 6 nitrogen and oxygen atoms in total. The van der Waals surface area contributed by atoms with Crippen molar-refractivity contribution in [2.75, 3.05) is 24.5 Å². The lowest BCUT2D eigenvalue weighted by molar-refractivity contribution is 0.387. The molecule has 4 heterocycles. The van der Waals surface area contributed by atoms with Crippen LogP contribution in [0.5, 0.6) is 0 Å². The summed E-state index contributed by atoms with van der Waals surface area (Å²) in [4.78, 5) is 11.3. The number of aromatic nitrogens is 4. The fraction of sp³-hybridized carbons (Fsp3) is 0.381. The Kier molecular flexibility index (Phi) is 5.09. The van der Waals surface area contributed by atoms with Gasteiger partial charge in [-0.2, -0.15) is 5.10 Å². The number of pyridine rings is 2. The monoisotopic (exact) mass is 382 g/mol. The zero-order valence-corrected chi connectivity index (χ0v) is 16.2. The Morgan fingerprint density at radius 1 is 1.43 bits per heavy atom. The molecular formula is C21H27FN6. The van der Waals surface area contributed by atoms with E-state index < -0.39 is 5.83 Å². The van der Waals surface area contributed by atoms with E-state index in [0.717, 1.165) is 43.0 Å². The molecule has 1 aliphatic heterocycles. The lowest BCUT2D eigenvalue weighted by atomic mass is 10.0. The largest absolute Gasteiger partial charge is 0.354 e. The van der Waals surface area contributed by atoms with E-state index in [0.29, 0.717) is 28.9 Å². The molecular weight excluding hydrogens is 355 g/mol. The molecule has 3 aromatic rings. The summed E-state index contributed by atoms with van der Waals surface area (Å²) in [6.45, 7) is 10.5. The number of halogens is 1.